The van der Waals surface area contributed by atoms with Crippen molar-refractivity contribution < 1.29 is 4.74 Å². The zero-order chi connectivity index (χ0) is 18.5. The maximum absolute atomic E-state index is 5.70. The average Bonchev–Trinajstić information content (AvgIpc) is 3.39. The summed E-state index contributed by atoms with van der Waals surface area (Å²) in [5.41, 5.74) is 1.13. The van der Waals surface area contributed by atoms with Gasteiger partial charge in [-0.15, -0.1) is 11.3 Å². The first kappa shape index (κ1) is 18.1. The van der Waals surface area contributed by atoms with Gasteiger partial charge in [-0.3, -0.25) is 4.99 Å². The zero-order valence-corrected chi connectivity index (χ0v) is 16.6. The minimum absolute atomic E-state index is 0.716. The summed E-state index contributed by atoms with van der Waals surface area (Å²) in [4.78, 5) is 13.6. The normalized spacial score (nSPS) is 17.9. The number of nitrogens with one attached hydrogen (secondary N) is 1. The molecule has 1 aliphatic heterocycles. The largest absolute Gasteiger partial charge is 0.477 e. The number of aromatic nitrogens is 1. The van der Waals surface area contributed by atoms with Crippen molar-refractivity contribution in [3.8, 4) is 5.88 Å². The van der Waals surface area contributed by atoms with E-state index < -0.39 is 0 Å². The maximum atomic E-state index is 5.70. The summed E-state index contributed by atoms with van der Waals surface area (Å²) in [6, 6.07) is 8.34. The molecule has 0 spiro atoms. The number of rotatable bonds is 6. The van der Waals surface area contributed by atoms with E-state index in [1.807, 2.05) is 19.3 Å². The minimum atomic E-state index is 0.716. The minimum Gasteiger partial charge on any atom is -0.477 e. The van der Waals surface area contributed by atoms with Crippen molar-refractivity contribution in [3.63, 3.8) is 0 Å². The highest BCUT2D eigenvalue weighted by molar-refractivity contribution is 7.14. The van der Waals surface area contributed by atoms with E-state index in [2.05, 4.69) is 48.7 Å². The second-order valence-corrected chi connectivity index (χ2v) is 8.01. The molecule has 1 aliphatic carbocycles. The van der Waals surface area contributed by atoms with Crippen LogP contribution in [0.2, 0.25) is 0 Å². The van der Waals surface area contributed by atoms with Crippen molar-refractivity contribution in [3.05, 3.63) is 41.4 Å². The molecule has 7 heteroatoms. The van der Waals surface area contributed by atoms with E-state index in [0.29, 0.717) is 6.54 Å². The lowest BCUT2D eigenvalue weighted by molar-refractivity contribution is 0.288. The van der Waals surface area contributed by atoms with Crippen LogP contribution < -0.4 is 15.0 Å². The Balaban J connectivity index is 1.24. The van der Waals surface area contributed by atoms with Crippen LogP contribution in [0.4, 0.5) is 5.00 Å². The molecule has 0 radical (unpaired) electrons. The number of guanidine groups is 1. The van der Waals surface area contributed by atoms with Crippen LogP contribution in [0.15, 0.2) is 40.8 Å². The van der Waals surface area contributed by atoms with Gasteiger partial charge in [-0.25, -0.2) is 4.98 Å². The molecule has 1 saturated heterocycles. The molecule has 2 fully saturated rings. The third kappa shape index (κ3) is 4.91. The van der Waals surface area contributed by atoms with E-state index in [-0.39, 0.29) is 0 Å². The van der Waals surface area contributed by atoms with Gasteiger partial charge >= 0.3 is 0 Å². The van der Waals surface area contributed by atoms with Crippen molar-refractivity contribution >= 4 is 22.3 Å². The van der Waals surface area contributed by atoms with Gasteiger partial charge in [0.25, 0.3) is 0 Å². The number of anilines is 1. The van der Waals surface area contributed by atoms with Crippen LogP contribution in [0.1, 0.15) is 18.4 Å². The number of aliphatic imine (C=N–C) groups is 1. The first-order valence-corrected chi connectivity index (χ1v) is 10.5. The van der Waals surface area contributed by atoms with Crippen LogP contribution in [-0.4, -0.2) is 55.7 Å². The van der Waals surface area contributed by atoms with Gasteiger partial charge in [-0.2, -0.15) is 0 Å². The Morgan fingerprint density at radius 3 is 2.74 bits per heavy atom. The third-order valence-electron chi connectivity index (χ3n) is 5.02. The van der Waals surface area contributed by atoms with Crippen molar-refractivity contribution in [1.29, 1.82) is 0 Å². The molecule has 3 heterocycles. The van der Waals surface area contributed by atoms with E-state index in [9.17, 15) is 0 Å². The van der Waals surface area contributed by atoms with Gasteiger partial charge < -0.3 is 19.9 Å². The summed E-state index contributed by atoms with van der Waals surface area (Å²) in [7, 11) is 1.85. The highest BCUT2D eigenvalue weighted by Crippen LogP contribution is 2.29. The zero-order valence-electron chi connectivity index (χ0n) is 15.8. The van der Waals surface area contributed by atoms with E-state index >= 15 is 0 Å². The van der Waals surface area contributed by atoms with Crippen LogP contribution in [0.5, 0.6) is 5.88 Å². The Morgan fingerprint density at radius 2 is 2.11 bits per heavy atom. The maximum Gasteiger partial charge on any atom is 0.213 e. The van der Waals surface area contributed by atoms with Gasteiger partial charge in [0, 0.05) is 52.0 Å². The number of hydrogen-bond acceptors (Lipinski definition) is 5. The number of thiophene rings is 1. The summed E-state index contributed by atoms with van der Waals surface area (Å²) in [6.07, 6.45) is 4.47. The van der Waals surface area contributed by atoms with E-state index in [4.69, 9.17) is 4.74 Å². The number of pyridine rings is 1. The van der Waals surface area contributed by atoms with Crippen LogP contribution in [0, 0.1) is 5.92 Å². The van der Waals surface area contributed by atoms with E-state index in [0.717, 1.165) is 56.1 Å². The molecule has 0 amide bonds. The van der Waals surface area contributed by atoms with E-state index in [1.54, 1.807) is 11.3 Å². The van der Waals surface area contributed by atoms with Crippen LogP contribution in [0.25, 0.3) is 0 Å². The summed E-state index contributed by atoms with van der Waals surface area (Å²) < 4.78 is 5.70. The number of ether oxygens (including phenoxy) is 1. The summed E-state index contributed by atoms with van der Waals surface area (Å²) >= 11 is 1.81. The highest BCUT2D eigenvalue weighted by atomic mass is 32.1. The third-order valence-corrected chi connectivity index (χ3v) is 5.95. The second kappa shape index (κ2) is 8.61. The van der Waals surface area contributed by atoms with Gasteiger partial charge in [0.2, 0.25) is 5.88 Å². The lowest BCUT2D eigenvalue weighted by atomic mass is 10.3. The first-order chi connectivity index (χ1) is 13.3. The van der Waals surface area contributed by atoms with Crippen LogP contribution in [0.3, 0.4) is 0 Å². The predicted octanol–water partition coefficient (Wildman–Crippen LogP) is 2.83. The molecule has 2 aliphatic rings. The fraction of sp³-hybridized carbons (Fsp3) is 0.500. The molecule has 144 valence electrons. The summed E-state index contributed by atoms with van der Waals surface area (Å²) in [5.74, 6) is 2.42. The second-order valence-electron chi connectivity index (χ2n) is 7.09. The summed E-state index contributed by atoms with van der Waals surface area (Å²) in [5, 5.41) is 6.96. The molecule has 0 atom stereocenters. The van der Waals surface area contributed by atoms with Crippen molar-refractivity contribution in [2.45, 2.75) is 19.4 Å². The molecular weight excluding hydrogens is 358 g/mol. The number of piperazine rings is 1. The molecule has 1 saturated carbocycles. The first-order valence-electron chi connectivity index (χ1n) is 9.63. The Hall–Kier alpha value is -2.28. The molecule has 0 bridgehead atoms. The van der Waals surface area contributed by atoms with Crippen LogP contribution in [-0.2, 0) is 6.54 Å². The van der Waals surface area contributed by atoms with Gasteiger partial charge in [0.15, 0.2) is 5.96 Å². The van der Waals surface area contributed by atoms with Gasteiger partial charge in [-0.1, -0.05) is 6.07 Å². The Kier molecular flexibility index (Phi) is 5.77. The van der Waals surface area contributed by atoms with Gasteiger partial charge in [-0.05, 0) is 41.8 Å². The highest BCUT2D eigenvalue weighted by Gasteiger charge is 2.22. The Bertz CT molecular complexity index is 734. The quantitative estimate of drug-likeness (QED) is 0.612. The van der Waals surface area contributed by atoms with Gasteiger partial charge in [0.05, 0.1) is 11.6 Å². The fourth-order valence-electron chi connectivity index (χ4n) is 3.19. The molecule has 4 rings (SSSR count). The lowest BCUT2D eigenvalue weighted by Gasteiger charge is -2.37. The monoisotopic (exact) mass is 385 g/mol. The molecule has 0 unspecified atom stereocenters. The predicted molar refractivity (Wildman–Crippen MR) is 111 cm³/mol. The molecular formula is C20H27N5OS. The number of hydrogen-bond donors (Lipinski definition) is 1. The van der Waals surface area contributed by atoms with Crippen molar-refractivity contribution in [1.82, 2.24) is 15.2 Å². The fourth-order valence-corrected chi connectivity index (χ4v) is 3.98. The lowest BCUT2D eigenvalue weighted by Crippen LogP contribution is -2.52. The van der Waals surface area contributed by atoms with Gasteiger partial charge in [0.1, 0.15) is 0 Å². The van der Waals surface area contributed by atoms with E-state index in [1.165, 1.54) is 17.8 Å². The van der Waals surface area contributed by atoms with Crippen molar-refractivity contribution in [2.24, 2.45) is 10.9 Å². The molecule has 6 nitrogen and oxygen atoms in total. The SMILES string of the molecule is CN=C(NCc1ccc(OCC2CC2)nc1)N1CCN(c2cccs2)CC1. The smallest absolute Gasteiger partial charge is 0.213 e. The van der Waals surface area contributed by atoms with Crippen molar-refractivity contribution in [2.75, 3.05) is 44.7 Å². The molecule has 2 aromatic heterocycles. The molecule has 1 N–H and O–H groups in total. The van der Waals surface area contributed by atoms with Crippen LogP contribution >= 0.6 is 11.3 Å². The standard InChI is InChI=1S/C20H27N5OS/c1-21-20(25-10-8-24(9-11-25)19-3-2-12-27-19)23-14-17-6-7-18(22-13-17)26-15-16-4-5-16/h2-3,6-7,12-13,16H,4-5,8-11,14-15H2,1H3,(H,21,23). The average molecular weight is 386 g/mol. The topological polar surface area (TPSA) is 53.0 Å². The molecule has 27 heavy (non-hydrogen) atoms. The number of nitrogens with zero attached hydrogens (tertiary/aromatic N) is 4. The molecule has 2 aromatic rings. The molecule has 0 aromatic carbocycles. The Labute approximate surface area is 164 Å². The Morgan fingerprint density at radius 1 is 1.26 bits per heavy atom. The summed E-state index contributed by atoms with van der Waals surface area (Å²) in [6.45, 7) is 5.52.